The van der Waals surface area contributed by atoms with Crippen LogP contribution in [-0.2, 0) is 4.79 Å². The molecule has 4 heteroatoms. The van der Waals surface area contributed by atoms with Crippen molar-refractivity contribution in [1.29, 1.82) is 0 Å². The Bertz CT molecular complexity index is 912. The Hall–Kier alpha value is -1.39. The van der Waals surface area contributed by atoms with Crippen molar-refractivity contribution in [1.82, 2.24) is 5.32 Å². The SMILES string of the molecule is CCCCCCCCCC/C=C\CCCCCCCCCCCCCCCC(=O)NC(CO)C(O)/C=C/CC/C=C/CCCCCCCCCCCCCCCCCCC. The molecular formula is C56H107NO3. The molecule has 1 amide bonds. The molecule has 0 heterocycles. The third kappa shape index (κ3) is 47.7. The first-order valence-electron chi connectivity index (χ1n) is 27.2. The zero-order chi connectivity index (χ0) is 43.5. The highest BCUT2D eigenvalue weighted by molar-refractivity contribution is 5.76. The molecule has 60 heavy (non-hydrogen) atoms. The van der Waals surface area contributed by atoms with Gasteiger partial charge >= 0.3 is 0 Å². The lowest BCUT2D eigenvalue weighted by molar-refractivity contribution is -0.123. The van der Waals surface area contributed by atoms with Gasteiger partial charge in [0, 0.05) is 6.42 Å². The molecule has 2 atom stereocenters. The van der Waals surface area contributed by atoms with Crippen LogP contribution in [0, 0.1) is 0 Å². The summed E-state index contributed by atoms with van der Waals surface area (Å²) in [6.07, 6.45) is 70.1. The molecule has 0 aromatic carbocycles. The largest absolute Gasteiger partial charge is 0.394 e. The summed E-state index contributed by atoms with van der Waals surface area (Å²) in [5.74, 6) is -0.0701. The van der Waals surface area contributed by atoms with Crippen molar-refractivity contribution in [2.75, 3.05) is 6.61 Å². The molecule has 0 aromatic heterocycles. The lowest BCUT2D eigenvalue weighted by Crippen LogP contribution is -2.45. The van der Waals surface area contributed by atoms with Crippen LogP contribution in [0.15, 0.2) is 36.5 Å². The van der Waals surface area contributed by atoms with Crippen LogP contribution in [0.25, 0.3) is 0 Å². The number of aliphatic hydroxyl groups excluding tert-OH is 2. The summed E-state index contributed by atoms with van der Waals surface area (Å²) < 4.78 is 0. The average molecular weight is 842 g/mol. The average Bonchev–Trinajstić information content (AvgIpc) is 3.25. The number of hydrogen-bond donors (Lipinski definition) is 3. The molecular weight excluding hydrogens is 735 g/mol. The number of amides is 1. The minimum atomic E-state index is -0.862. The first-order chi connectivity index (χ1) is 29.7. The molecule has 0 saturated heterocycles. The van der Waals surface area contributed by atoms with E-state index in [0.717, 1.165) is 32.1 Å². The van der Waals surface area contributed by atoms with Crippen LogP contribution in [0.2, 0.25) is 0 Å². The fraction of sp³-hybridized carbons (Fsp3) is 0.875. The van der Waals surface area contributed by atoms with E-state index in [4.69, 9.17) is 0 Å². The smallest absolute Gasteiger partial charge is 0.220 e. The lowest BCUT2D eigenvalue weighted by atomic mass is 10.0. The summed E-state index contributed by atoms with van der Waals surface area (Å²) in [5, 5.41) is 23.1. The monoisotopic (exact) mass is 842 g/mol. The van der Waals surface area contributed by atoms with Crippen LogP contribution in [0.3, 0.4) is 0 Å². The van der Waals surface area contributed by atoms with Gasteiger partial charge < -0.3 is 15.5 Å². The zero-order valence-corrected chi connectivity index (χ0v) is 40.7. The quantitative estimate of drug-likeness (QED) is 0.0422. The van der Waals surface area contributed by atoms with Gasteiger partial charge in [-0.15, -0.1) is 0 Å². The molecule has 0 rings (SSSR count). The summed E-state index contributed by atoms with van der Waals surface area (Å²) in [5.41, 5.74) is 0. The second-order valence-electron chi connectivity index (χ2n) is 18.6. The Morgan fingerprint density at radius 3 is 0.967 bits per heavy atom. The van der Waals surface area contributed by atoms with E-state index in [1.165, 1.54) is 244 Å². The van der Waals surface area contributed by atoms with Gasteiger partial charge in [0.1, 0.15) is 0 Å². The zero-order valence-electron chi connectivity index (χ0n) is 40.7. The van der Waals surface area contributed by atoms with E-state index in [1.807, 2.05) is 6.08 Å². The normalized spacial score (nSPS) is 13.1. The number of rotatable bonds is 50. The standard InChI is InChI=1S/C56H107NO3/c1-3-5-7-9-11-13-15-17-19-21-23-25-27-28-30-32-34-36-38-40-42-44-46-48-50-52-56(60)57-54(53-58)55(59)51-49-47-45-43-41-39-37-35-33-31-29-26-24-22-20-18-16-14-12-10-8-6-4-2/h21,23,41,43,49,51,54-55,58-59H,3-20,22,24-40,42,44-48,50,52-53H2,1-2H3,(H,57,60)/b23-21-,43-41+,51-49+. The molecule has 4 nitrogen and oxygen atoms in total. The number of nitrogens with one attached hydrogen (secondary N) is 1. The van der Waals surface area contributed by atoms with Crippen LogP contribution in [-0.4, -0.2) is 34.9 Å². The maximum Gasteiger partial charge on any atom is 0.220 e. The number of unbranched alkanes of at least 4 members (excludes halogenated alkanes) is 39. The van der Waals surface area contributed by atoms with Gasteiger partial charge in [-0.3, -0.25) is 4.79 Å². The Morgan fingerprint density at radius 2 is 0.650 bits per heavy atom. The van der Waals surface area contributed by atoms with Gasteiger partial charge in [0.2, 0.25) is 5.91 Å². The summed E-state index contributed by atoms with van der Waals surface area (Å²) in [6.45, 7) is 4.33. The predicted octanol–water partition coefficient (Wildman–Crippen LogP) is 17.7. The van der Waals surface area contributed by atoms with E-state index >= 15 is 0 Å². The molecule has 0 bridgehead atoms. The fourth-order valence-electron chi connectivity index (χ4n) is 8.43. The maximum atomic E-state index is 12.5. The Morgan fingerprint density at radius 1 is 0.383 bits per heavy atom. The van der Waals surface area contributed by atoms with Crippen molar-refractivity contribution >= 4 is 5.91 Å². The highest BCUT2D eigenvalue weighted by Gasteiger charge is 2.18. The van der Waals surface area contributed by atoms with Crippen molar-refractivity contribution in [3.8, 4) is 0 Å². The van der Waals surface area contributed by atoms with Crippen LogP contribution in [0.1, 0.15) is 296 Å². The summed E-state index contributed by atoms with van der Waals surface area (Å²) in [6, 6.07) is -0.639. The van der Waals surface area contributed by atoms with Crippen LogP contribution < -0.4 is 5.32 Å². The van der Waals surface area contributed by atoms with Gasteiger partial charge in [-0.05, 0) is 57.8 Å². The van der Waals surface area contributed by atoms with Gasteiger partial charge in [0.05, 0.1) is 18.8 Å². The Balaban J connectivity index is 3.52. The number of carbonyl (C=O) groups is 1. The molecule has 0 aromatic rings. The predicted molar refractivity (Wildman–Crippen MR) is 267 cm³/mol. The highest BCUT2D eigenvalue weighted by atomic mass is 16.3. The Labute approximate surface area is 376 Å². The summed E-state index contributed by atoms with van der Waals surface area (Å²) in [4.78, 5) is 12.5. The minimum Gasteiger partial charge on any atom is -0.394 e. The van der Waals surface area contributed by atoms with Gasteiger partial charge in [-0.25, -0.2) is 0 Å². The molecule has 0 aliphatic heterocycles. The molecule has 0 aliphatic rings. The molecule has 354 valence electrons. The van der Waals surface area contributed by atoms with E-state index < -0.39 is 12.1 Å². The molecule has 0 fully saturated rings. The number of hydrogen-bond acceptors (Lipinski definition) is 3. The van der Waals surface area contributed by atoms with E-state index in [9.17, 15) is 15.0 Å². The topological polar surface area (TPSA) is 69.6 Å². The molecule has 3 N–H and O–H groups in total. The van der Waals surface area contributed by atoms with E-state index in [2.05, 4.69) is 43.5 Å². The van der Waals surface area contributed by atoms with Crippen LogP contribution >= 0.6 is 0 Å². The van der Waals surface area contributed by atoms with Gasteiger partial charge in [-0.1, -0.05) is 269 Å². The third-order valence-corrected chi connectivity index (χ3v) is 12.6. The van der Waals surface area contributed by atoms with Crippen molar-refractivity contribution in [3.63, 3.8) is 0 Å². The second-order valence-corrected chi connectivity index (χ2v) is 18.6. The first-order valence-corrected chi connectivity index (χ1v) is 27.2. The molecule has 2 unspecified atom stereocenters. The highest BCUT2D eigenvalue weighted by Crippen LogP contribution is 2.16. The lowest BCUT2D eigenvalue weighted by Gasteiger charge is -2.19. The molecule has 0 aliphatic carbocycles. The minimum absolute atomic E-state index is 0.0701. The Kier molecular flexibility index (Phi) is 50.8. The third-order valence-electron chi connectivity index (χ3n) is 12.6. The molecule has 0 radical (unpaired) electrons. The van der Waals surface area contributed by atoms with Crippen LogP contribution in [0.5, 0.6) is 0 Å². The number of allylic oxidation sites excluding steroid dienone is 5. The summed E-state index contributed by atoms with van der Waals surface area (Å²) in [7, 11) is 0. The fourth-order valence-corrected chi connectivity index (χ4v) is 8.43. The van der Waals surface area contributed by atoms with Crippen molar-refractivity contribution in [3.05, 3.63) is 36.5 Å². The summed E-state index contributed by atoms with van der Waals surface area (Å²) >= 11 is 0. The maximum absolute atomic E-state index is 12.5. The molecule has 0 saturated carbocycles. The van der Waals surface area contributed by atoms with Crippen LogP contribution in [0.4, 0.5) is 0 Å². The number of aliphatic hydroxyl groups is 2. The van der Waals surface area contributed by atoms with E-state index in [0.29, 0.717) is 6.42 Å². The first kappa shape index (κ1) is 58.6. The number of carbonyl (C=O) groups excluding carboxylic acids is 1. The van der Waals surface area contributed by atoms with Gasteiger partial charge in [0.15, 0.2) is 0 Å². The van der Waals surface area contributed by atoms with Gasteiger partial charge in [0.25, 0.3) is 0 Å². The van der Waals surface area contributed by atoms with Crippen molar-refractivity contribution in [2.24, 2.45) is 0 Å². The van der Waals surface area contributed by atoms with Gasteiger partial charge in [-0.2, -0.15) is 0 Å². The van der Waals surface area contributed by atoms with E-state index in [1.54, 1.807) is 6.08 Å². The van der Waals surface area contributed by atoms with Crippen molar-refractivity contribution in [2.45, 2.75) is 309 Å². The second kappa shape index (κ2) is 52.0. The molecule has 0 spiro atoms. The van der Waals surface area contributed by atoms with Crippen molar-refractivity contribution < 1.29 is 15.0 Å². The van der Waals surface area contributed by atoms with E-state index in [-0.39, 0.29) is 12.5 Å².